The molecule has 33 heavy (non-hydrogen) atoms. The summed E-state index contributed by atoms with van der Waals surface area (Å²) in [6.45, 7) is 5.36. The third-order valence-corrected chi connectivity index (χ3v) is 5.65. The largest absolute Gasteiger partial charge is 0.489 e. The van der Waals surface area contributed by atoms with Gasteiger partial charge in [0, 0.05) is 12.7 Å². The molecule has 0 bridgehead atoms. The summed E-state index contributed by atoms with van der Waals surface area (Å²) >= 11 is 0. The Labute approximate surface area is 193 Å². The predicted octanol–water partition coefficient (Wildman–Crippen LogP) is 4.35. The number of carbonyl (C=O) groups excluding carboxylic acids is 2. The Morgan fingerprint density at radius 1 is 1.15 bits per heavy atom. The van der Waals surface area contributed by atoms with Crippen molar-refractivity contribution >= 4 is 12.0 Å². The van der Waals surface area contributed by atoms with Gasteiger partial charge in [0.15, 0.2) is 0 Å². The molecule has 178 valence electrons. The van der Waals surface area contributed by atoms with Gasteiger partial charge in [0.25, 0.3) is 0 Å². The van der Waals surface area contributed by atoms with Crippen molar-refractivity contribution in [3.05, 3.63) is 65.5 Å². The first-order valence-corrected chi connectivity index (χ1v) is 10.8. The molecule has 0 radical (unpaired) electrons. The van der Waals surface area contributed by atoms with E-state index in [9.17, 15) is 14.0 Å². The van der Waals surface area contributed by atoms with Gasteiger partial charge < -0.3 is 19.9 Å². The minimum atomic E-state index is -1.30. The Bertz CT molecular complexity index is 989. The molecule has 0 unspecified atom stereocenters. The number of primary amides is 1. The van der Waals surface area contributed by atoms with Crippen LogP contribution in [0.5, 0.6) is 5.75 Å². The Hall–Kier alpha value is -3.13. The average molecular weight is 459 g/mol. The van der Waals surface area contributed by atoms with Crippen molar-refractivity contribution in [3.63, 3.8) is 0 Å². The van der Waals surface area contributed by atoms with E-state index in [0.717, 1.165) is 5.56 Å². The van der Waals surface area contributed by atoms with Crippen LogP contribution >= 0.6 is 0 Å². The van der Waals surface area contributed by atoms with Gasteiger partial charge in [-0.25, -0.2) is 9.18 Å². The summed E-state index contributed by atoms with van der Waals surface area (Å²) in [5.41, 5.74) is 4.98. The van der Waals surface area contributed by atoms with E-state index < -0.39 is 29.2 Å². The monoisotopic (exact) mass is 458 g/mol. The van der Waals surface area contributed by atoms with E-state index in [1.807, 2.05) is 12.1 Å². The third-order valence-electron chi connectivity index (χ3n) is 5.65. The molecule has 1 saturated heterocycles. The molecule has 0 saturated carbocycles. The number of carbonyl (C=O) groups is 2. The summed E-state index contributed by atoms with van der Waals surface area (Å²) in [5.74, 6) is -0.404. The zero-order chi connectivity index (χ0) is 24.2. The fourth-order valence-electron chi connectivity index (χ4n) is 4.11. The van der Waals surface area contributed by atoms with Crippen molar-refractivity contribution in [2.24, 2.45) is 5.73 Å². The van der Waals surface area contributed by atoms with Crippen LogP contribution in [0.15, 0.2) is 48.5 Å². The Balaban J connectivity index is 1.84. The summed E-state index contributed by atoms with van der Waals surface area (Å²) in [7, 11) is 1.47. The summed E-state index contributed by atoms with van der Waals surface area (Å²) in [6.07, 6.45) is 0.243. The number of methoxy groups -OCH3 is 1. The van der Waals surface area contributed by atoms with E-state index >= 15 is 0 Å². The highest BCUT2D eigenvalue weighted by atomic mass is 19.1. The number of ether oxygens (including phenoxy) is 3. The number of benzene rings is 2. The molecule has 2 N–H and O–H groups in total. The van der Waals surface area contributed by atoms with Gasteiger partial charge in [-0.2, -0.15) is 0 Å². The maximum absolute atomic E-state index is 13.8. The minimum absolute atomic E-state index is 0.0259. The van der Waals surface area contributed by atoms with Gasteiger partial charge in [-0.1, -0.05) is 30.3 Å². The average Bonchev–Trinajstić information content (AvgIpc) is 3.13. The zero-order valence-corrected chi connectivity index (χ0v) is 19.5. The summed E-state index contributed by atoms with van der Waals surface area (Å²) in [6, 6.07) is 13.2. The number of nitrogens with zero attached hydrogens (tertiary/aromatic N) is 1. The second-order valence-electron chi connectivity index (χ2n) is 9.18. The van der Waals surface area contributed by atoms with E-state index in [1.165, 1.54) is 18.1 Å². The first-order valence-electron chi connectivity index (χ1n) is 10.8. The van der Waals surface area contributed by atoms with Gasteiger partial charge in [0.1, 0.15) is 29.3 Å². The Morgan fingerprint density at radius 2 is 1.82 bits per heavy atom. The van der Waals surface area contributed by atoms with Gasteiger partial charge in [0.05, 0.1) is 12.6 Å². The molecule has 1 aliphatic heterocycles. The molecule has 7 nitrogen and oxygen atoms in total. The van der Waals surface area contributed by atoms with Crippen LogP contribution in [0.25, 0.3) is 0 Å². The lowest BCUT2D eigenvalue weighted by molar-refractivity contribution is -0.132. The Kier molecular flexibility index (Phi) is 7.27. The third kappa shape index (κ3) is 5.45. The van der Waals surface area contributed by atoms with Crippen LogP contribution in [0.1, 0.15) is 50.8 Å². The number of hydrogen-bond donors (Lipinski definition) is 1. The maximum Gasteiger partial charge on any atom is 0.411 e. The van der Waals surface area contributed by atoms with E-state index in [-0.39, 0.29) is 19.0 Å². The summed E-state index contributed by atoms with van der Waals surface area (Å²) in [5, 5.41) is 0. The number of rotatable bonds is 7. The van der Waals surface area contributed by atoms with Gasteiger partial charge in [-0.05, 0) is 57.4 Å². The first-order chi connectivity index (χ1) is 15.6. The van der Waals surface area contributed by atoms with Crippen molar-refractivity contribution < 1.29 is 28.2 Å². The van der Waals surface area contributed by atoms with E-state index in [2.05, 4.69) is 0 Å². The van der Waals surface area contributed by atoms with Crippen molar-refractivity contribution in [1.82, 2.24) is 4.90 Å². The normalized spacial score (nSPS) is 20.5. The fraction of sp³-hybridized carbons (Fsp3) is 0.440. The number of nitrogens with two attached hydrogens (primary N) is 1. The van der Waals surface area contributed by atoms with E-state index in [4.69, 9.17) is 19.9 Å². The number of hydrogen-bond acceptors (Lipinski definition) is 5. The second kappa shape index (κ2) is 9.79. The maximum atomic E-state index is 13.8. The molecule has 3 rings (SSSR count). The molecule has 8 heteroatoms. The quantitative estimate of drug-likeness (QED) is 0.666. The lowest BCUT2D eigenvalue weighted by atomic mass is 9.96. The smallest absolute Gasteiger partial charge is 0.411 e. The molecule has 2 atom stereocenters. The van der Waals surface area contributed by atoms with E-state index in [0.29, 0.717) is 24.2 Å². The fourth-order valence-corrected chi connectivity index (χ4v) is 4.11. The van der Waals surface area contributed by atoms with Crippen LogP contribution < -0.4 is 10.5 Å². The van der Waals surface area contributed by atoms with Crippen molar-refractivity contribution in [2.75, 3.05) is 13.7 Å². The van der Waals surface area contributed by atoms with Crippen molar-refractivity contribution in [2.45, 2.75) is 57.4 Å². The molecule has 1 heterocycles. The molecular weight excluding hydrogens is 427 g/mol. The van der Waals surface area contributed by atoms with Crippen LogP contribution in [0, 0.1) is 5.82 Å². The lowest BCUT2D eigenvalue weighted by Gasteiger charge is -2.39. The molecular formula is C25H31FN2O5. The molecule has 1 fully saturated rings. The summed E-state index contributed by atoms with van der Waals surface area (Å²) in [4.78, 5) is 27.1. The summed E-state index contributed by atoms with van der Waals surface area (Å²) < 4.78 is 30.4. The number of halogens is 1. The van der Waals surface area contributed by atoms with Gasteiger partial charge in [0.2, 0.25) is 5.91 Å². The SMILES string of the molecule is COC[C@@]1(C(N)=O)CC[C@H](c2ccc(OCc3ccccc3F)cc2)N1C(=O)OC(C)(C)C. The molecule has 0 aromatic heterocycles. The Morgan fingerprint density at radius 3 is 2.39 bits per heavy atom. The van der Waals surface area contributed by atoms with Crippen LogP contribution in [-0.4, -0.2) is 41.8 Å². The van der Waals surface area contributed by atoms with Crippen LogP contribution in [0.4, 0.5) is 9.18 Å². The zero-order valence-electron chi connectivity index (χ0n) is 19.5. The molecule has 0 spiro atoms. The molecule has 2 aromatic carbocycles. The lowest BCUT2D eigenvalue weighted by Crippen LogP contribution is -2.60. The molecule has 2 aromatic rings. The standard InChI is InChI=1S/C25H31FN2O5/c1-24(2,3)33-23(30)28-21(13-14-25(28,16-31-4)22(27)29)17-9-11-19(12-10-17)32-15-18-7-5-6-8-20(18)26/h5-12,21H,13-16H2,1-4H3,(H2,27,29)/t21-,25-/m1/s1. The van der Waals surface area contributed by atoms with Crippen molar-refractivity contribution in [3.8, 4) is 5.75 Å². The molecule has 0 aliphatic carbocycles. The van der Waals surface area contributed by atoms with Gasteiger partial charge >= 0.3 is 6.09 Å². The second-order valence-corrected chi connectivity index (χ2v) is 9.18. The van der Waals surface area contributed by atoms with Crippen LogP contribution in [0.2, 0.25) is 0 Å². The highest BCUT2D eigenvalue weighted by Gasteiger charge is 2.54. The molecule has 1 aliphatic rings. The van der Waals surface area contributed by atoms with Crippen molar-refractivity contribution in [1.29, 1.82) is 0 Å². The first kappa shape index (κ1) is 24.5. The van der Waals surface area contributed by atoms with E-state index in [1.54, 1.807) is 51.1 Å². The molecule has 2 amide bonds. The van der Waals surface area contributed by atoms with Gasteiger partial charge in [-0.3, -0.25) is 9.69 Å². The highest BCUT2D eigenvalue weighted by molar-refractivity contribution is 5.90. The highest BCUT2D eigenvalue weighted by Crippen LogP contribution is 2.44. The van der Waals surface area contributed by atoms with Gasteiger partial charge in [-0.15, -0.1) is 0 Å². The number of amides is 2. The topological polar surface area (TPSA) is 91.1 Å². The van der Waals surface area contributed by atoms with Crippen LogP contribution in [0.3, 0.4) is 0 Å². The minimum Gasteiger partial charge on any atom is -0.489 e. The predicted molar refractivity (Wildman–Crippen MR) is 121 cm³/mol. The van der Waals surface area contributed by atoms with Crippen LogP contribution in [-0.2, 0) is 20.9 Å². The number of likely N-dealkylation sites (tertiary alicyclic amines) is 1.